The number of benzene rings is 5. The number of hydrogen-bond donors (Lipinski definition) is 0. The van der Waals surface area contributed by atoms with Crippen molar-refractivity contribution in [3.63, 3.8) is 0 Å². The van der Waals surface area contributed by atoms with Gasteiger partial charge in [-0.25, -0.2) is 4.79 Å². The van der Waals surface area contributed by atoms with Gasteiger partial charge in [0.25, 0.3) is 0 Å². The molecule has 0 spiro atoms. The zero-order valence-corrected chi connectivity index (χ0v) is 26.9. The number of carbonyl (C=O) groups is 1. The minimum Gasteiger partial charge on any atom is -0.457 e. The Morgan fingerprint density at radius 3 is 1.43 bits per heavy atom. The van der Waals surface area contributed by atoms with Gasteiger partial charge in [-0.15, -0.1) is 0 Å². The van der Waals surface area contributed by atoms with Crippen molar-refractivity contribution in [2.24, 2.45) is 0 Å². The summed E-state index contributed by atoms with van der Waals surface area (Å²) < 4.78 is 20.0. The average molecular weight is 613 g/mol. The number of anilines is 2. The maximum absolute atomic E-state index is 13.8. The summed E-state index contributed by atoms with van der Waals surface area (Å²) in [7, 11) is 0. The summed E-state index contributed by atoms with van der Waals surface area (Å²) in [6, 6.07) is 39.3. The number of carbonyl (C=O) groups excluding carboxylic acids is 1. The van der Waals surface area contributed by atoms with E-state index in [-0.39, 0.29) is 0 Å². The van der Waals surface area contributed by atoms with E-state index in [0.717, 1.165) is 43.1 Å². The molecule has 1 aliphatic heterocycles. The number of esters is 1. The molecule has 6 nitrogen and oxygen atoms in total. The second-order valence-electron chi connectivity index (χ2n) is 11.2. The molecule has 0 N–H and O–H groups in total. The Balaban J connectivity index is 1.65. The number of hydrogen-bond acceptors (Lipinski definition) is 6. The Morgan fingerprint density at radius 1 is 0.543 bits per heavy atom. The Kier molecular flexibility index (Phi) is 8.97. The number of ether oxygens (including phenoxy) is 3. The summed E-state index contributed by atoms with van der Waals surface area (Å²) in [5.41, 5.74) is 3.35. The third kappa shape index (κ3) is 5.67. The lowest BCUT2D eigenvalue weighted by atomic mass is 9.78. The van der Waals surface area contributed by atoms with Crippen molar-refractivity contribution >= 4 is 17.3 Å². The van der Waals surface area contributed by atoms with E-state index in [1.165, 1.54) is 0 Å². The van der Waals surface area contributed by atoms with Crippen LogP contribution in [0.1, 0.15) is 54.7 Å². The minimum absolute atomic E-state index is 0.396. The molecule has 0 fully saturated rings. The molecule has 234 valence electrons. The molecule has 1 heterocycles. The molecule has 6 heteroatoms. The van der Waals surface area contributed by atoms with Crippen molar-refractivity contribution in [1.29, 1.82) is 0 Å². The number of fused-ring (bicyclic) bond motifs is 1. The Labute approximate surface area is 271 Å². The lowest BCUT2D eigenvalue weighted by Gasteiger charge is -2.34. The van der Waals surface area contributed by atoms with Crippen molar-refractivity contribution in [2.45, 2.75) is 33.3 Å². The second kappa shape index (κ2) is 13.4. The maximum Gasteiger partial charge on any atom is 0.340 e. The summed E-state index contributed by atoms with van der Waals surface area (Å²) in [6.07, 6.45) is 0. The molecule has 0 bridgehead atoms. The second-order valence-corrected chi connectivity index (χ2v) is 11.2. The predicted octanol–water partition coefficient (Wildman–Crippen LogP) is 9.43. The zero-order valence-electron chi connectivity index (χ0n) is 26.9. The fourth-order valence-corrected chi connectivity index (χ4v) is 6.34. The first kappa shape index (κ1) is 30.8. The van der Waals surface area contributed by atoms with Crippen molar-refractivity contribution in [1.82, 2.24) is 0 Å². The van der Waals surface area contributed by atoms with Crippen molar-refractivity contribution < 1.29 is 19.0 Å². The highest BCUT2D eigenvalue weighted by atomic mass is 16.6. The lowest BCUT2D eigenvalue weighted by Crippen LogP contribution is -2.31. The van der Waals surface area contributed by atoms with Gasteiger partial charge in [0.1, 0.15) is 23.0 Å². The molecule has 0 radical (unpaired) electrons. The molecule has 0 unspecified atom stereocenters. The third-order valence-corrected chi connectivity index (χ3v) is 8.66. The molecule has 0 aromatic heterocycles. The van der Waals surface area contributed by atoms with Crippen LogP contribution in [0.15, 0.2) is 121 Å². The minimum atomic E-state index is -1.36. The zero-order chi connectivity index (χ0) is 32.1. The smallest absolute Gasteiger partial charge is 0.340 e. The largest absolute Gasteiger partial charge is 0.457 e. The Bertz CT molecular complexity index is 1700. The van der Waals surface area contributed by atoms with Gasteiger partial charge in [0.05, 0.1) is 5.56 Å². The summed E-state index contributed by atoms with van der Waals surface area (Å²) in [6.45, 7) is 11.9. The molecule has 0 saturated carbocycles. The van der Waals surface area contributed by atoms with E-state index in [2.05, 4.69) is 49.6 Å². The highest BCUT2D eigenvalue weighted by Gasteiger charge is 2.52. The molecule has 0 saturated heterocycles. The van der Waals surface area contributed by atoms with E-state index in [9.17, 15) is 4.79 Å². The number of cyclic esters (lactones) is 1. The van der Waals surface area contributed by atoms with Gasteiger partial charge in [-0.2, -0.15) is 0 Å². The van der Waals surface area contributed by atoms with E-state index in [4.69, 9.17) is 14.2 Å². The summed E-state index contributed by atoms with van der Waals surface area (Å²) in [5, 5.41) is 0. The topological polar surface area (TPSA) is 51.2 Å². The van der Waals surface area contributed by atoms with E-state index in [0.29, 0.717) is 39.7 Å². The van der Waals surface area contributed by atoms with Gasteiger partial charge in [-0.3, -0.25) is 0 Å². The Morgan fingerprint density at radius 2 is 0.978 bits per heavy atom. The first-order chi connectivity index (χ1) is 22.5. The van der Waals surface area contributed by atoms with Crippen LogP contribution in [0.2, 0.25) is 0 Å². The van der Waals surface area contributed by atoms with Crippen LogP contribution in [-0.2, 0) is 10.3 Å². The van der Waals surface area contributed by atoms with Gasteiger partial charge in [0.15, 0.2) is 5.60 Å². The van der Waals surface area contributed by atoms with Gasteiger partial charge in [-0.1, -0.05) is 54.6 Å². The van der Waals surface area contributed by atoms with Crippen molar-refractivity contribution in [2.75, 3.05) is 36.0 Å². The fourth-order valence-electron chi connectivity index (χ4n) is 6.34. The molecular weight excluding hydrogens is 572 g/mol. The molecule has 0 aliphatic carbocycles. The fraction of sp³-hybridized carbons (Fsp3) is 0.225. The van der Waals surface area contributed by atoms with Crippen LogP contribution < -0.4 is 19.3 Å². The maximum atomic E-state index is 13.8. The van der Waals surface area contributed by atoms with Gasteiger partial charge >= 0.3 is 5.97 Å². The van der Waals surface area contributed by atoms with Crippen LogP contribution in [0.5, 0.6) is 23.0 Å². The molecule has 46 heavy (non-hydrogen) atoms. The van der Waals surface area contributed by atoms with Crippen LogP contribution in [0.4, 0.5) is 11.4 Å². The highest BCUT2D eigenvalue weighted by molar-refractivity contribution is 5.97. The molecule has 1 aliphatic rings. The highest BCUT2D eigenvalue weighted by Crippen LogP contribution is 2.54. The van der Waals surface area contributed by atoms with Gasteiger partial charge < -0.3 is 24.0 Å². The molecule has 0 amide bonds. The summed E-state index contributed by atoms with van der Waals surface area (Å²) in [5.74, 6) is 2.17. The van der Waals surface area contributed by atoms with Crippen LogP contribution >= 0.6 is 0 Å². The summed E-state index contributed by atoms with van der Waals surface area (Å²) in [4.78, 5) is 18.3. The summed E-state index contributed by atoms with van der Waals surface area (Å²) >= 11 is 0. The van der Waals surface area contributed by atoms with E-state index < -0.39 is 11.6 Å². The van der Waals surface area contributed by atoms with Gasteiger partial charge in [-0.05, 0) is 82.3 Å². The molecule has 5 aromatic rings. The Hall–Kier alpha value is -5.23. The standard InChI is InChI=1S/C40H40N2O4/c1-5-41(6-2)29-23-25-35(37(27-29)44-31-17-11-9-12-18-31)40(34-22-16-15-21-33(34)39(43)46-40)36-26-24-30(42(7-3)8-4)28-38(36)45-32-19-13-10-14-20-32/h9-28H,5-8H2,1-4H3. The van der Waals surface area contributed by atoms with Crippen LogP contribution in [0.25, 0.3) is 0 Å². The SMILES string of the molecule is CCN(CC)c1ccc(C2(c3ccc(N(CC)CC)cc3Oc3ccccc3)OC(=O)c3ccccc32)c(Oc2ccccc2)c1. The van der Waals surface area contributed by atoms with Crippen molar-refractivity contribution in [3.05, 3.63) is 144 Å². The van der Waals surface area contributed by atoms with Crippen LogP contribution in [0.3, 0.4) is 0 Å². The van der Waals surface area contributed by atoms with Gasteiger partial charge in [0.2, 0.25) is 0 Å². The quantitative estimate of drug-likeness (QED) is 0.131. The lowest BCUT2D eigenvalue weighted by molar-refractivity contribution is 0.0241. The first-order valence-corrected chi connectivity index (χ1v) is 16.1. The van der Waals surface area contributed by atoms with E-state index >= 15 is 0 Å². The van der Waals surface area contributed by atoms with Crippen LogP contribution in [0, 0.1) is 0 Å². The van der Waals surface area contributed by atoms with E-state index in [1.54, 1.807) is 0 Å². The number of nitrogens with zero attached hydrogens (tertiary/aromatic N) is 2. The molecule has 5 aromatic carbocycles. The average Bonchev–Trinajstić information content (AvgIpc) is 3.39. The number of para-hydroxylation sites is 2. The molecule has 0 atom stereocenters. The molecular formula is C40H40N2O4. The molecule has 6 rings (SSSR count). The van der Waals surface area contributed by atoms with Crippen LogP contribution in [-0.4, -0.2) is 32.1 Å². The van der Waals surface area contributed by atoms with Gasteiger partial charge in [0, 0.05) is 66.4 Å². The van der Waals surface area contributed by atoms with E-state index in [1.807, 2.05) is 109 Å². The predicted molar refractivity (Wildman–Crippen MR) is 185 cm³/mol. The normalized spacial score (nSPS) is 13.1. The van der Waals surface area contributed by atoms with Crippen molar-refractivity contribution in [3.8, 4) is 23.0 Å². The monoisotopic (exact) mass is 612 g/mol. The first-order valence-electron chi connectivity index (χ1n) is 16.1. The number of rotatable bonds is 12. The third-order valence-electron chi connectivity index (χ3n) is 8.66.